The van der Waals surface area contributed by atoms with Gasteiger partial charge in [-0.25, -0.2) is 14.5 Å². The zero-order chi connectivity index (χ0) is 22.9. The van der Waals surface area contributed by atoms with Gasteiger partial charge in [-0.1, -0.05) is 76.6 Å². The second-order valence-electron chi connectivity index (χ2n) is 7.62. The Morgan fingerprint density at radius 3 is 2.45 bits per heavy atom. The van der Waals surface area contributed by atoms with Crippen molar-refractivity contribution in [1.82, 2.24) is 9.78 Å². The van der Waals surface area contributed by atoms with E-state index in [1.807, 2.05) is 78.9 Å². The first-order chi connectivity index (χ1) is 16.0. The van der Waals surface area contributed by atoms with Crippen molar-refractivity contribution in [3.05, 3.63) is 105 Å². The Morgan fingerprint density at radius 1 is 0.939 bits per heavy atom. The predicted molar refractivity (Wildman–Crippen MR) is 137 cm³/mol. The fourth-order valence-corrected chi connectivity index (χ4v) is 4.40. The number of hydrogen-bond donors (Lipinski definition) is 2. The van der Waals surface area contributed by atoms with Crippen LogP contribution >= 0.6 is 15.9 Å². The summed E-state index contributed by atoms with van der Waals surface area (Å²) in [5, 5.41) is 9.77. The molecule has 0 radical (unpaired) electrons. The minimum Gasteiger partial charge on any atom is -0.305 e. The number of fused-ring (bicyclic) bond motifs is 2. The molecule has 1 heterocycles. The van der Waals surface area contributed by atoms with Crippen LogP contribution in [0.15, 0.2) is 93.1 Å². The number of nitrogens with one attached hydrogen (secondary N) is 2. The molecule has 0 aliphatic heterocycles. The van der Waals surface area contributed by atoms with E-state index in [0.717, 1.165) is 31.7 Å². The third kappa shape index (κ3) is 3.87. The Morgan fingerprint density at radius 2 is 1.64 bits per heavy atom. The zero-order valence-corrected chi connectivity index (χ0v) is 19.3. The lowest BCUT2D eigenvalue weighted by molar-refractivity contribution is 0.259. The van der Waals surface area contributed by atoms with Crippen LogP contribution in [0.1, 0.15) is 11.3 Å². The molecule has 0 fully saturated rings. The maximum atomic E-state index is 13.1. The van der Waals surface area contributed by atoms with Crippen molar-refractivity contribution in [2.24, 2.45) is 4.99 Å². The molecule has 0 aliphatic rings. The quantitative estimate of drug-likeness (QED) is 0.290. The van der Waals surface area contributed by atoms with Crippen molar-refractivity contribution in [3.8, 4) is 5.69 Å². The summed E-state index contributed by atoms with van der Waals surface area (Å²) in [6, 6.07) is 24.5. The maximum Gasteiger partial charge on any atom is 0.345 e. The molecule has 33 heavy (non-hydrogen) atoms. The largest absolute Gasteiger partial charge is 0.345 e. The number of aryl methyl sites for hydroxylation is 1. The first-order valence-corrected chi connectivity index (χ1v) is 11.1. The number of aromatic nitrogens is 2. The number of carbonyl (C=O) groups excluding carboxylic acids is 1. The first-order valence-electron chi connectivity index (χ1n) is 10.3. The van der Waals surface area contributed by atoms with Crippen LogP contribution < -0.4 is 10.9 Å². The van der Waals surface area contributed by atoms with Gasteiger partial charge in [-0.2, -0.15) is 0 Å². The van der Waals surface area contributed by atoms with Crippen LogP contribution in [0.25, 0.3) is 27.2 Å². The summed E-state index contributed by atoms with van der Waals surface area (Å²) in [5.41, 5.74) is 2.08. The summed E-state index contributed by atoms with van der Waals surface area (Å²) in [4.78, 5) is 29.7. The number of benzene rings is 4. The number of halogens is 1. The molecular formula is C26H19BrN4O2. The van der Waals surface area contributed by atoms with Crippen LogP contribution in [0, 0.1) is 6.92 Å². The lowest BCUT2D eigenvalue weighted by Crippen LogP contribution is -2.18. The van der Waals surface area contributed by atoms with E-state index >= 15 is 0 Å². The molecule has 162 valence electrons. The molecule has 5 rings (SSSR count). The van der Waals surface area contributed by atoms with Gasteiger partial charge in [-0.15, -0.1) is 0 Å². The number of nitrogens with zero attached hydrogens (tertiary/aromatic N) is 2. The molecular weight excluding hydrogens is 480 g/mol. The van der Waals surface area contributed by atoms with E-state index in [-0.39, 0.29) is 5.56 Å². The molecule has 1 aromatic heterocycles. The predicted octanol–water partition coefficient (Wildman–Crippen LogP) is 6.19. The summed E-state index contributed by atoms with van der Waals surface area (Å²) < 4.78 is 2.43. The van der Waals surface area contributed by atoms with Crippen molar-refractivity contribution >= 4 is 55.4 Å². The van der Waals surface area contributed by atoms with Gasteiger partial charge in [0, 0.05) is 27.2 Å². The molecule has 2 amide bonds. The third-order valence-electron chi connectivity index (χ3n) is 5.55. The van der Waals surface area contributed by atoms with Gasteiger partial charge in [-0.05, 0) is 35.9 Å². The molecule has 7 heteroatoms. The van der Waals surface area contributed by atoms with Crippen molar-refractivity contribution in [2.75, 3.05) is 5.32 Å². The van der Waals surface area contributed by atoms with Crippen molar-refractivity contribution in [3.63, 3.8) is 0 Å². The van der Waals surface area contributed by atoms with Crippen molar-refractivity contribution in [2.45, 2.75) is 6.92 Å². The fraction of sp³-hybridized carbons (Fsp3) is 0.0385. The molecule has 5 aromatic rings. The van der Waals surface area contributed by atoms with Crippen LogP contribution in [0.3, 0.4) is 0 Å². The number of aliphatic imine (C=N–C) groups is 1. The highest BCUT2D eigenvalue weighted by Crippen LogP contribution is 2.30. The van der Waals surface area contributed by atoms with E-state index in [1.54, 1.807) is 6.92 Å². The number of H-pyrrole nitrogens is 1. The minimum atomic E-state index is -0.556. The Kier molecular flexibility index (Phi) is 5.40. The Labute approximate surface area is 197 Å². The number of aromatic amines is 1. The van der Waals surface area contributed by atoms with Gasteiger partial charge in [0.25, 0.3) is 5.56 Å². The molecule has 0 bridgehead atoms. The lowest BCUT2D eigenvalue weighted by Gasteiger charge is -2.08. The van der Waals surface area contributed by atoms with E-state index in [4.69, 9.17) is 0 Å². The van der Waals surface area contributed by atoms with Gasteiger partial charge >= 0.3 is 6.03 Å². The van der Waals surface area contributed by atoms with Crippen LogP contribution in [0.5, 0.6) is 0 Å². The van der Waals surface area contributed by atoms with Gasteiger partial charge in [-0.3, -0.25) is 9.89 Å². The van der Waals surface area contributed by atoms with Crippen LogP contribution in [0.4, 0.5) is 10.5 Å². The van der Waals surface area contributed by atoms with Crippen molar-refractivity contribution < 1.29 is 4.79 Å². The van der Waals surface area contributed by atoms with Crippen LogP contribution in [-0.4, -0.2) is 22.0 Å². The summed E-state index contributed by atoms with van der Waals surface area (Å²) in [6.45, 7) is 1.78. The normalized spacial score (nSPS) is 11.5. The van der Waals surface area contributed by atoms with Gasteiger partial charge in [0.15, 0.2) is 0 Å². The summed E-state index contributed by atoms with van der Waals surface area (Å²) >= 11 is 3.53. The number of urea groups is 1. The lowest BCUT2D eigenvalue weighted by atomic mass is 10.1. The van der Waals surface area contributed by atoms with E-state index in [0.29, 0.717) is 16.9 Å². The molecule has 6 nitrogen and oxygen atoms in total. The highest BCUT2D eigenvalue weighted by atomic mass is 79.9. The second kappa shape index (κ2) is 8.52. The molecule has 2 N–H and O–H groups in total. The van der Waals surface area contributed by atoms with Gasteiger partial charge < -0.3 is 5.32 Å². The van der Waals surface area contributed by atoms with Gasteiger partial charge in [0.05, 0.1) is 16.9 Å². The second-order valence-corrected chi connectivity index (χ2v) is 8.47. The first kappa shape index (κ1) is 20.9. The van der Waals surface area contributed by atoms with E-state index in [1.165, 1.54) is 10.9 Å². The monoisotopic (exact) mass is 498 g/mol. The Bertz CT molecular complexity index is 1610. The van der Waals surface area contributed by atoms with Crippen LogP contribution in [0.2, 0.25) is 0 Å². The standard InChI is InChI=1S/C26H19BrN4O2/c1-16-21(25(32)31(30-16)24-12-6-8-17-7-2-3-9-18(17)24)15-28-26(33)29-23-14-13-22(27)19-10-4-5-11-20(19)23/h2-15,30H,1H3,(H,29,33). The highest BCUT2D eigenvalue weighted by molar-refractivity contribution is 9.10. The Balaban J connectivity index is 1.45. The molecule has 0 spiro atoms. The molecule has 0 saturated carbocycles. The summed E-state index contributed by atoms with van der Waals surface area (Å²) in [7, 11) is 0. The molecule has 0 saturated heterocycles. The highest BCUT2D eigenvalue weighted by Gasteiger charge is 2.13. The smallest absolute Gasteiger partial charge is 0.305 e. The van der Waals surface area contributed by atoms with E-state index in [2.05, 4.69) is 31.3 Å². The summed E-state index contributed by atoms with van der Waals surface area (Å²) in [5.74, 6) is 0. The fourth-order valence-electron chi connectivity index (χ4n) is 3.93. The SMILES string of the molecule is Cc1[nH]n(-c2cccc3ccccc23)c(=O)c1C=NC(=O)Nc1ccc(Br)c2ccccc12. The topological polar surface area (TPSA) is 79.2 Å². The van der Waals surface area contributed by atoms with Gasteiger partial charge in [0.1, 0.15) is 0 Å². The number of anilines is 1. The number of rotatable bonds is 3. The number of amides is 2. The van der Waals surface area contributed by atoms with E-state index in [9.17, 15) is 9.59 Å². The maximum absolute atomic E-state index is 13.1. The van der Waals surface area contributed by atoms with Crippen molar-refractivity contribution in [1.29, 1.82) is 0 Å². The van der Waals surface area contributed by atoms with Gasteiger partial charge in [0.2, 0.25) is 0 Å². The zero-order valence-electron chi connectivity index (χ0n) is 17.7. The average molecular weight is 499 g/mol. The van der Waals surface area contributed by atoms with Crippen LogP contribution in [-0.2, 0) is 0 Å². The molecule has 0 atom stereocenters. The Hall–Kier alpha value is -3.97. The summed E-state index contributed by atoms with van der Waals surface area (Å²) in [6.07, 6.45) is 1.31. The molecule has 0 unspecified atom stereocenters. The molecule has 0 aliphatic carbocycles. The number of hydrogen-bond acceptors (Lipinski definition) is 2. The third-order valence-corrected chi connectivity index (χ3v) is 6.24. The number of carbonyl (C=O) groups is 1. The molecule has 4 aromatic carbocycles. The minimum absolute atomic E-state index is 0.269. The average Bonchev–Trinajstić information content (AvgIpc) is 3.12. The van der Waals surface area contributed by atoms with E-state index < -0.39 is 6.03 Å².